The van der Waals surface area contributed by atoms with E-state index in [1.165, 1.54) is 66.4 Å². The van der Waals surface area contributed by atoms with Crippen LogP contribution in [0.15, 0.2) is 52.3 Å². The quantitative estimate of drug-likeness (QED) is 0.771. The Labute approximate surface area is 159 Å². The average Bonchev–Trinajstić information content (AvgIpc) is 3.08. The van der Waals surface area contributed by atoms with Crippen LogP contribution in [0.2, 0.25) is 5.02 Å². The Bertz CT molecular complexity index is 728. The van der Waals surface area contributed by atoms with Gasteiger partial charge in [-0.25, -0.2) is 0 Å². The number of fused-ring (bicyclic) bond motifs is 2. The van der Waals surface area contributed by atoms with Crippen LogP contribution in [0.5, 0.6) is 0 Å². The summed E-state index contributed by atoms with van der Waals surface area (Å²) >= 11 is 8.16. The van der Waals surface area contributed by atoms with Crippen molar-refractivity contribution in [2.45, 2.75) is 41.5 Å². The lowest BCUT2D eigenvalue weighted by atomic mass is 9.99. The summed E-state index contributed by atoms with van der Waals surface area (Å²) in [6.45, 7) is 5.31. The first-order chi connectivity index (χ1) is 12.3. The number of hydrogen-bond donors (Lipinski definition) is 2. The van der Waals surface area contributed by atoms with Crippen LogP contribution in [-0.2, 0) is 6.42 Å². The van der Waals surface area contributed by atoms with E-state index in [2.05, 4.69) is 41.7 Å². The Balaban J connectivity index is 1.47. The standard InChI is InChI=1S/C21H25ClN2S/c22-17-8-9-20-16(14-17)15-19(18-6-1-2-7-21(18)25-20)23-10-5-13-24-11-3-4-12-24/h1-2,6-9,14,19,23H,3-5,10-13,15H2/p+2/t19-/m1/s1. The maximum atomic E-state index is 6.27. The van der Waals surface area contributed by atoms with Gasteiger partial charge in [-0.3, -0.25) is 0 Å². The summed E-state index contributed by atoms with van der Waals surface area (Å²) in [5.74, 6) is 0. The largest absolute Gasteiger partial charge is 0.340 e. The molecule has 0 saturated carbocycles. The molecule has 0 unspecified atom stereocenters. The molecule has 0 radical (unpaired) electrons. The van der Waals surface area contributed by atoms with Crippen molar-refractivity contribution in [2.75, 3.05) is 26.2 Å². The number of likely N-dealkylation sites (tertiary alicyclic amines) is 1. The van der Waals surface area contributed by atoms with Crippen LogP contribution in [0.3, 0.4) is 0 Å². The zero-order valence-corrected chi connectivity index (χ0v) is 16.2. The van der Waals surface area contributed by atoms with Gasteiger partial charge in [0.25, 0.3) is 0 Å². The lowest BCUT2D eigenvalue weighted by Gasteiger charge is -2.17. The zero-order valence-electron chi connectivity index (χ0n) is 14.6. The van der Waals surface area contributed by atoms with Crippen LogP contribution in [0, 0.1) is 0 Å². The molecule has 25 heavy (non-hydrogen) atoms. The van der Waals surface area contributed by atoms with Crippen molar-refractivity contribution in [2.24, 2.45) is 0 Å². The molecule has 0 bridgehead atoms. The van der Waals surface area contributed by atoms with Gasteiger partial charge in [0, 0.05) is 46.1 Å². The lowest BCUT2D eigenvalue weighted by molar-refractivity contribution is -0.889. The van der Waals surface area contributed by atoms with Crippen molar-refractivity contribution in [1.82, 2.24) is 0 Å². The molecule has 1 atom stereocenters. The van der Waals surface area contributed by atoms with Crippen LogP contribution in [0.25, 0.3) is 0 Å². The van der Waals surface area contributed by atoms with Crippen LogP contribution < -0.4 is 10.2 Å². The zero-order chi connectivity index (χ0) is 17.1. The Morgan fingerprint density at radius 3 is 2.80 bits per heavy atom. The molecule has 2 aliphatic heterocycles. The van der Waals surface area contributed by atoms with E-state index < -0.39 is 0 Å². The molecule has 1 fully saturated rings. The number of hydrogen-bond acceptors (Lipinski definition) is 1. The molecule has 132 valence electrons. The maximum Gasteiger partial charge on any atom is 0.117 e. The fraction of sp³-hybridized carbons (Fsp3) is 0.429. The van der Waals surface area contributed by atoms with E-state index in [-0.39, 0.29) is 0 Å². The van der Waals surface area contributed by atoms with Crippen molar-refractivity contribution in [3.8, 4) is 0 Å². The van der Waals surface area contributed by atoms with Crippen LogP contribution in [-0.4, -0.2) is 26.2 Å². The highest BCUT2D eigenvalue weighted by molar-refractivity contribution is 7.99. The average molecular weight is 375 g/mol. The number of quaternary nitrogens is 2. The molecular formula is C21H27ClN2S+2. The van der Waals surface area contributed by atoms with E-state index in [9.17, 15) is 0 Å². The summed E-state index contributed by atoms with van der Waals surface area (Å²) in [6, 6.07) is 15.7. The Morgan fingerprint density at radius 1 is 1.08 bits per heavy atom. The summed E-state index contributed by atoms with van der Waals surface area (Å²) < 4.78 is 0. The van der Waals surface area contributed by atoms with Gasteiger partial charge in [0.05, 0.1) is 26.2 Å². The minimum absolute atomic E-state index is 0.497. The molecule has 0 aromatic heterocycles. The SMILES string of the molecule is Clc1ccc2c(c1)C[C@@H]([NH2+]CCC[NH+]1CCCC1)c1ccccc1S2. The van der Waals surface area contributed by atoms with Gasteiger partial charge in [0.1, 0.15) is 6.04 Å². The molecule has 4 heteroatoms. The third-order valence-electron chi connectivity index (χ3n) is 5.50. The molecule has 2 aromatic carbocycles. The third-order valence-corrected chi connectivity index (χ3v) is 6.94. The van der Waals surface area contributed by atoms with Gasteiger partial charge in [-0.2, -0.15) is 0 Å². The summed E-state index contributed by atoms with van der Waals surface area (Å²) in [5.41, 5.74) is 2.87. The smallest absolute Gasteiger partial charge is 0.117 e. The van der Waals surface area contributed by atoms with E-state index in [0.717, 1.165) is 11.4 Å². The van der Waals surface area contributed by atoms with E-state index in [1.807, 2.05) is 22.7 Å². The van der Waals surface area contributed by atoms with Crippen molar-refractivity contribution < 1.29 is 10.2 Å². The maximum absolute atomic E-state index is 6.27. The first kappa shape index (κ1) is 17.4. The third kappa shape index (κ3) is 4.22. The molecule has 3 N–H and O–H groups in total. The number of nitrogens with two attached hydrogens (primary N) is 1. The predicted molar refractivity (Wildman–Crippen MR) is 105 cm³/mol. The minimum Gasteiger partial charge on any atom is -0.340 e. The highest BCUT2D eigenvalue weighted by atomic mass is 35.5. The predicted octanol–water partition coefficient (Wildman–Crippen LogP) is 2.72. The highest BCUT2D eigenvalue weighted by Crippen LogP contribution is 2.40. The summed E-state index contributed by atoms with van der Waals surface area (Å²) in [4.78, 5) is 4.56. The molecule has 2 aliphatic rings. The molecular weight excluding hydrogens is 348 g/mol. The molecule has 0 spiro atoms. The van der Waals surface area contributed by atoms with Crippen molar-refractivity contribution in [3.63, 3.8) is 0 Å². The fourth-order valence-electron chi connectivity index (χ4n) is 4.16. The van der Waals surface area contributed by atoms with E-state index in [4.69, 9.17) is 11.6 Å². The molecule has 0 aliphatic carbocycles. The van der Waals surface area contributed by atoms with Crippen molar-refractivity contribution in [3.05, 3.63) is 58.6 Å². The minimum atomic E-state index is 0.497. The van der Waals surface area contributed by atoms with Gasteiger partial charge >= 0.3 is 0 Å². The Hall–Kier alpha value is -1.00. The van der Waals surface area contributed by atoms with Crippen molar-refractivity contribution >= 4 is 23.4 Å². The second-order valence-electron chi connectivity index (χ2n) is 7.29. The van der Waals surface area contributed by atoms with E-state index >= 15 is 0 Å². The van der Waals surface area contributed by atoms with Gasteiger partial charge in [-0.1, -0.05) is 41.6 Å². The number of halogens is 1. The van der Waals surface area contributed by atoms with Gasteiger partial charge < -0.3 is 10.2 Å². The van der Waals surface area contributed by atoms with Gasteiger partial charge in [-0.05, 0) is 29.8 Å². The molecule has 1 saturated heterocycles. The van der Waals surface area contributed by atoms with Crippen LogP contribution >= 0.6 is 23.4 Å². The topological polar surface area (TPSA) is 21.1 Å². The van der Waals surface area contributed by atoms with Gasteiger partial charge in [-0.15, -0.1) is 0 Å². The number of rotatable bonds is 5. The van der Waals surface area contributed by atoms with E-state index in [0.29, 0.717) is 6.04 Å². The molecule has 4 rings (SSSR count). The van der Waals surface area contributed by atoms with Gasteiger partial charge in [0.15, 0.2) is 0 Å². The first-order valence-electron chi connectivity index (χ1n) is 9.52. The molecule has 0 amide bonds. The number of benzene rings is 2. The van der Waals surface area contributed by atoms with Crippen LogP contribution in [0.1, 0.15) is 36.4 Å². The highest BCUT2D eigenvalue weighted by Gasteiger charge is 2.25. The summed E-state index contributed by atoms with van der Waals surface area (Å²) in [5, 5.41) is 3.41. The van der Waals surface area contributed by atoms with E-state index in [1.54, 1.807) is 0 Å². The molecule has 2 heterocycles. The summed E-state index contributed by atoms with van der Waals surface area (Å²) in [6.07, 6.45) is 5.22. The monoisotopic (exact) mass is 374 g/mol. The molecule has 2 nitrogen and oxygen atoms in total. The lowest BCUT2D eigenvalue weighted by Crippen LogP contribution is -3.10. The Kier molecular flexibility index (Phi) is 5.66. The van der Waals surface area contributed by atoms with Crippen molar-refractivity contribution in [1.29, 1.82) is 0 Å². The van der Waals surface area contributed by atoms with Crippen LogP contribution in [0.4, 0.5) is 0 Å². The Morgan fingerprint density at radius 2 is 1.92 bits per heavy atom. The molecule has 2 aromatic rings. The van der Waals surface area contributed by atoms with Gasteiger partial charge in [0.2, 0.25) is 0 Å². The second-order valence-corrected chi connectivity index (χ2v) is 8.81. The fourth-order valence-corrected chi connectivity index (χ4v) is 5.48. The normalized spacial score (nSPS) is 20.1. The first-order valence-corrected chi connectivity index (χ1v) is 10.7. The summed E-state index contributed by atoms with van der Waals surface area (Å²) in [7, 11) is 0. The number of nitrogens with one attached hydrogen (secondary N) is 1. The second kappa shape index (κ2) is 8.13.